The van der Waals surface area contributed by atoms with Gasteiger partial charge in [-0.15, -0.1) is 0 Å². The van der Waals surface area contributed by atoms with E-state index < -0.39 is 23.9 Å². The van der Waals surface area contributed by atoms with E-state index in [2.05, 4.69) is 21.3 Å². The fourth-order valence-corrected chi connectivity index (χ4v) is 3.29. The van der Waals surface area contributed by atoms with Crippen LogP contribution in [0.2, 0.25) is 0 Å². The third-order valence-electron chi connectivity index (χ3n) is 4.85. The summed E-state index contributed by atoms with van der Waals surface area (Å²) in [7, 11) is 0. The zero-order chi connectivity index (χ0) is 22.9. The molecule has 1 fully saturated rings. The number of amides is 6. The molecule has 168 valence electrons. The Kier molecular flexibility index (Phi) is 7.63. The lowest BCUT2D eigenvalue weighted by Crippen LogP contribution is -2.49. The van der Waals surface area contributed by atoms with Gasteiger partial charge in [-0.3, -0.25) is 14.5 Å². The predicted octanol–water partition coefficient (Wildman–Crippen LogP) is 0.941. The molecular weight excluding hydrogens is 412 g/mol. The summed E-state index contributed by atoms with van der Waals surface area (Å²) in [5, 5.41) is 10.7. The molecule has 2 aromatic rings. The van der Waals surface area contributed by atoms with Crippen molar-refractivity contribution in [3.05, 3.63) is 60.2 Å². The summed E-state index contributed by atoms with van der Waals surface area (Å²) in [6, 6.07) is 14.5. The van der Waals surface area contributed by atoms with Gasteiger partial charge in [-0.25, -0.2) is 9.59 Å². The SMILES string of the molecule is NC(=O)CCNC(=O)[C@@H](Cc1ccccc1)NC(=O)Nc1cccc(N2CCNC2=O)c1. The second-order valence-electron chi connectivity index (χ2n) is 7.28. The van der Waals surface area contributed by atoms with Gasteiger partial charge >= 0.3 is 12.1 Å². The summed E-state index contributed by atoms with van der Waals surface area (Å²) < 4.78 is 0. The molecule has 6 amide bonds. The van der Waals surface area contributed by atoms with Crippen molar-refractivity contribution in [2.24, 2.45) is 5.73 Å². The van der Waals surface area contributed by atoms with Gasteiger partial charge in [0.1, 0.15) is 6.04 Å². The smallest absolute Gasteiger partial charge is 0.321 e. The largest absolute Gasteiger partial charge is 0.370 e. The van der Waals surface area contributed by atoms with Crippen LogP contribution in [0.5, 0.6) is 0 Å². The highest BCUT2D eigenvalue weighted by molar-refractivity contribution is 5.97. The third kappa shape index (κ3) is 6.46. The first-order valence-electron chi connectivity index (χ1n) is 10.3. The van der Waals surface area contributed by atoms with Crippen molar-refractivity contribution in [2.45, 2.75) is 18.9 Å². The van der Waals surface area contributed by atoms with Crippen LogP contribution in [0, 0.1) is 0 Å². The first-order valence-corrected chi connectivity index (χ1v) is 10.3. The molecule has 1 saturated heterocycles. The van der Waals surface area contributed by atoms with E-state index >= 15 is 0 Å². The fourth-order valence-electron chi connectivity index (χ4n) is 3.29. The normalized spacial score (nSPS) is 13.8. The topological polar surface area (TPSA) is 146 Å². The molecule has 0 aliphatic carbocycles. The number of urea groups is 2. The van der Waals surface area contributed by atoms with Crippen LogP contribution < -0.4 is 31.9 Å². The van der Waals surface area contributed by atoms with Crippen LogP contribution in [0.4, 0.5) is 21.0 Å². The maximum Gasteiger partial charge on any atom is 0.321 e. The highest BCUT2D eigenvalue weighted by Gasteiger charge is 2.23. The fraction of sp³-hybridized carbons (Fsp3) is 0.273. The van der Waals surface area contributed by atoms with E-state index in [1.54, 1.807) is 29.2 Å². The van der Waals surface area contributed by atoms with E-state index in [1.165, 1.54) is 0 Å². The van der Waals surface area contributed by atoms with Gasteiger partial charge in [0.2, 0.25) is 11.8 Å². The van der Waals surface area contributed by atoms with E-state index in [4.69, 9.17) is 5.73 Å². The number of nitrogens with one attached hydrogen (secondary N) is 4. The summed E-state index contributed by atoms with van der Waals surface area (Å²) >= 11 is 0. The number of benzene rings is 2. The van der Waals surface area contributed by atoms with Crippen LogP contribution >= 0.6 is 0 Å². The van der Waals surface area contributed by atoms with Crippen molar-refractivity contribution in [1.29, 1.82) is 0 Å². The summed E-state index contributed by atoms with van der Waals surface area (Å²) in [4.78, 5) is 49.6. The lowest BCUT2D eigenvalue weighted by atomic mass is 10.1. The van der Waals surface area contributed by atoms with E-state index in [-0.39, 0.29) is 25.4 Å². The van der Waals surface area contributed by atoms with Crippen LogP contribution in [0.25, 0.3) is 0 Å². The van der Waals surface area contributed by atoms with Crippen LogP contribution in [-0.2, 0) is 16.0 Å². The molecule has 6 N–H and O–H groups in total. The Balaban J connectivity index is 1.65. The van der Waals surface area contributed by atoms with Crippen molar-refractivity contribution in [3.8, 4) is 0 Å². The lowest BCUT2D eigenvalue weighted by molar-refractivity contribution is -0.123. The maximum atomic E-state index is 12.6. The summed E-state index contributed by atoms with van der Waals surface area (Å²) in [5.41, 5.74) is 7.11. The second kappa shape index (κ2) is 10.8. The molecule has 0 spiro atoms. The minimum Gasteiger partial charge on any atom is -0.370 e. The van der Waals surface area contributed by atoms with Gasteiger partial charge in [-0.2, -0.15) is 0 Å². The Labute approximate surface area is 185 Å². The van der Waals surface area contributed by atoms with Crippen LogP contribution in [0.15, 0.2) is 54.6 Å². The van der Waals surface area contributed by atoms with Gasteiger partial charge < -0.3 is 27.0 Å². The van der Waals surface area contributed by atoms with Crippen molar-refractivity contribution in [2.75, 3.05) is 29.9 Å². The minimum atomic E-state index is -0.863. The highest BCUT2D eigenvalue weighted by atomic mass is 16.2. The van der Waals surface area contributed by atoms with Gasteiger partial charge in [0, 0.05) is 43.9 Å². The number of nitrogens with zero attached hydrogens (tertiary/aromatic N) is 1. The van der Waals surface area contributed by atoms with E-state index in [1.807, 2.05) is 30.3 Å². The van der Waals surface area contributed by atoms with Gasteiger partial charge in [-0.05, 0) is 23.8 Å². The van der Waals surface area contributed by atoms with Crippen molar-refractivity contribution < 1.29 is 19.2 Å². The number of hydrogen-bond donors (Lipinski definition) is 5. The molecule has 0 saturated carbocycles. The molecule has 1 atom stereocenters. The quantitative estimate of drug-likeness (QED) is 0.397. The molecule has 0 aromatic heterocycles. The average molecular weight is 438 g/mol. The van der Waals surface area contributed by atoms with Crippen molar-refractivity contribution in [1.82, 2.24) is 16.0 Å². The monoisotopic (exact) mass is 438 g/mol. The summed E-state index contributed by atoms with van der Waals surface area (Å²) in [5.74, 6) is -0.949. The molecule has 0 radical (unpaired) electrons. The van der Waals surface area contributed by atoms with Gasteiger partial charge in [0.15, 0.2) is 0 Å². The second-order valence-corrected chi connectivity index (χ2v) is 7.28. The number of rotatable bonds is 9. The van der Waals surface area contributed by atoms with Gasteiger partial charge in [0.05, 0.1) is 0 Å². The number of hydrogen-bond acceptors (Lipinski definition) is 4. The standard InChI is InChI=1S/C22H26N6O4/c23-19(29)9-10-24-20(30)18(13-15-5-2-1-3-6-15)27-21(31)26-16-7-4-8-17(14-16)28-12-11-25-22(28)32/h1-8,14,18H,9-13H2,(H2,23,29)(H,24,30)(H,25,32)(H2,26,27,31)/t18-/m1/s1. The molecule has 2 aromatic carbocycles. The average Bonchev–Trinajstić information content (AvgIpc) is 3.19. The Hall–Kier alpha value is -4.08. The highest BCUT2D eigenvalue weighted by Crippen LogP contribution is 2.21. The minimum absolute atomic E-state index is 0.00681. The molecule has 1 heterocycles. The molecule has 10 nitrogen and oxygen atoms in total. The Morgan fingerprint density at radius 3 is 2.56 bits per heavy atom. The molecule has 32 heavy (non-hydrogen) atoms. The number of primary amides is 1. The molecule has 0 unspecified atom stereocenters. The Bertz CT molecular complexity index is 981. The Morgan fingerprint density at radius 1 is 1.09 bits per heavy atom. The first-order chi connectivity index (χ1) is 15.4. The third-order valence-corrected chi connectivity index (χ3v) is 4.85. The zero-order valence-corrected chi connectivity index (χ0v) is 17.5. The Morgan fingerprint density at radius 2 is 1.88 bits per heavy atom. The van der Waals surface area contributed by atoms with Crippen molar-refractivity contribution in [3.63, 3.8) is 0 Å². The molecule has 1 aliphatic rings. The molecule has 10 heteroatoms. The predicted molar refractivity (Wildman–Crippen MR) is 120 cm³/mol. The van der Waals surface area contributed by atoms with Gasteiger partial charge in [0.25, 0.3) is 0 Å². The summed E-state index contributed by atoms with van der Waals surface area (Å²) in [6.07, 6.45) is 0.275. The van der Waals surface area contributed by atoms with Crippen molar-refractivity contribution >= 4 is 35.3 Å². The van der Waals surface area contributed by atoms with E-state index in [0.29, 0.717) is 24.5 Å². The first kappa shape index (κ1) is 22.6. The molecule has 3 rings (SSSR count). The maximum absolute atomic E-state index is 12.6. The van der Waals surface area contributed by atoms with E-state index in [0.717, 1.165) is 5.56 Å². The van der Waals surface area contributed by atoms with Crippen LogP contribution in [-0.4, -0.2) is 49.6 Å². The number of anilines is 2. The van der Waals surface area contributed by atoms with Gasteiger partial charge in [-0.1, -0.05) is 36.4 Å². The summed E-state index contributed by atoms with van der Waals surface area (Å²) in [6.45, 7) is 1.19. The molecular formula is C22H26N6O4. The van der Waals surface area contributed by atoms with Crippen LogP contribution in [0.3, 0.4) is 0 Å². The van der Waals surface area contributed by atoms with Crippen LogP contribution in [0.1, 0.15) is 12.0 Å². The van der Waals surface area contributed by atoms with E-state index in [9.17, 15) is 19.2 Å². The molecule has 0 bridgehead atoms. The number of nitrogens with two attached hydrogens (primary N) is 1. The number of carbonyl (C=O) groups is 4. The molecule has 1 aliphatic heterocycles. The lowest BCUT2D eigenvalue weighted by Gasteiger charge is -2.20. The zero-order valence-electron chi connectivity index (χ0n) is 17.5. The number of carbonyl (C=O) groups excluding carboxylic acids is 4.